The number of H-pyrrole nitrogens is 1. The molecule has 1 heterocycles. The van der Waals surface area contributed by atoms with Gasteiger partial charge in [0.05, 0.1) is 0 Å². The minimum absolute atomic E-state index is 0.806. The molecule has 0 atom stereocenters. The van der Waals surface area contributed by atoms with E-state index in [1.807, 2.05) is 6.20 Å². The summed E-state index contributed by atoms with van der Waals surface area (Å²) in [5.41, 5.74) is 1.37. The highest BCUT2D eigenvalue weighted by Gasteiger charge is 2.20. The van der Waals surface area contributed by atoms with Crippen LogP contribution in [0.15, 0.2) is 17.2 Å². The molecule has 0 spiro atoms. The maximum atomic E-state index is 4.23. The predicted octanol–water partition coefficient (Wildman–Crippen LogP) is 2.57. The van der Waals surface area contributed by atoms with Gasteiger partial charge in [-0.05, 0) is 24.8 Å². The first-order chi connectivity index (χ1) is 4.86. The number of hydrogen-bond donors (Lipinski definition) is 2. The lowest BCUT2D eigenvalue weighted by atomic mass is 9.83. The normalized spacial score (nSPS) is 18.9. The Bertz CT molecular complexity index is 225. The second-order valence-corrected chi connectivity index (χ2v) is 3.46. The van der Waals surface area contributed by atoms with Crippen LogP contribution < -0.4 is 0 Å². The molecule has 1 N–H and O–H groups in total. The van der Waals surface area contributed by atoms with Gasteiger partial charge >= 0.3 is 0 Å². The Morgan fingerprint density at radius 3 is 2.70 bits per heavy atom. The molecule has 2 heteroatoms. The van der Waals surface area contributed by atoms with Crippen molar-refractivity contribution in [2.45, 2.75) is 30.1 Å². The molecule has 0 amide bonds. The third-order valence-corrected chi connectivity index (χ3v) is 2.49. The Hall–Kier alpha value is -0.370. The zero-order valence-corrected chi connectivity index (χ0v) is 6.70. The van der Waals surface area contributed by atoms with Crippen LogP contribution in [0.1, 0.15) is 30.9 Å². The van der Waals surface area contributed by atoms with Crippen LogP contribution in [0.2, 0.25) is 0 Å². The molecule has 1 aliphatic rings. The van der Waals surface area contributed by atoms with Gasteiger partial charge in [0.15, 0.2) is 0 Å². The van der Waals surface area contributed by atoms with Crippen LogP contribution in [-0.2, 0) is 0 Å². The van der Waals surface area contributed by atoms with E-state index in [0.717, 1.165) is 10.8 Å². The first-order valence-corrected chi connectivity index (χ1v) is 4.18. The van der Waals surface area contributed by atoms with Crippen LogP contribution in [0.4, 0.5) is 0 Å². The third-order valence-electron chi connectivity index (χ3n) is 2.24. The molecular weight excluding hydrogens is 142 g/mol. The van der Waals surface area contributed by atoms with E-state index in [9.17, 15) is 0 Å². The topological polar surface area (TPSA) is 15.8 Å². The molecule has 1 aromatic rings. The minimum atomic E-state index is 0.806. The van der Waals surface area contributed by atoms with E-state index in [4.69, 9.17) is 0 Å². The molecule has 1 aromatic heterocycles. The first-order valence-electron chi connectivity index (χ1n) is 3.73. The Balaban J connectivity index is 2.17. The van der Waals surface area contributed by atoms with Crippen LogP contribution in [0.3, 0.4) is 0 Å². The number of hydrogen-bond acceptors (Lipinski definition) is 1. The summed E-state index contributed by atoms with van der Waals surface area (Å²) in [4.78, 5) is 4.29. The lowest BCUT2D eigenvalue weighted by Crippen LogP contribution is -2.08. The van der Waals surface area contributed by atoms with Gasteiger partial charge in [-0.1, -0.05) is 6.42 Å². The molecule has 0 aromatic carbocycles. The first kappa shape index (κ1) is 6.35. The van der Waals surface area contributed by atoms with Gasteiger partial charge in [-0.25, -0.2) is 0 Å². The highest BCUT2D eigenvalue weighted by Crippen LogP contribution is 2.35. The van der Waals surface area contributed by atoms with Crippen LogP contribution in [0.25, 0.3) is 0 Å². The van der Waals surface area contributed by atoms with Gasteiger partial charge in [-0.2, -0.15) is 0 Å². The van der Waals surface area contributed by atoms with Crippen LogP contribution in [0.5, 0.6) is 0 Å². The Labute approximate surface area is 66.2 Å². The molecule has 0 aliphatic heterocycles. The van der Waals surface area contributed by atoms with Gasteiger partial charge in [0.25, 0.3) is 0 Å². The molecule has 1 fully saturated rings. The van der Waals surface area contributed by atoms with E-state index < -0.39 is 0 Å². The molecule has 0 saturated heterocycles. The van der Waals surface area contributed by atoms with Crippen molar-refractivity contribution in [1.82, 2.24) is 4.98 Å². The summed E-state index contributed by atoms with van der Waals surface area (Å²) >= 11 is 4.23. The fourth-order valence-corrected chi connectivity index (χ4v) is 1.56. The number of nitrogens with one attached hydrogen (secondary N) is 1. The standard InChI is InChI=1S/C8H11NS/c10-7-4-8(9-5-7)6-2-1-3-6/h4-6,9-10H,1-3H2. The van der Waals surface area contributed by atoms with Crippen molar-refractivity contribution in [2.75, 3.05) is 0 Å². The SMILES string of the molecule is Sc1c[nH]c(C2CCC2)c1. The van der Waals surface area contributed by atoms with E-state index >= 15 is 0 Å². The average molecular weight is 153 g/mol. The van der Waals surface area contributed by atoms with Crippen molar-refractivity contribution in [1.29, 1.82) is 0 Å². The molecule has 0 radical (unpaired) electrons. The number of aromatic amines is 1. The highest BCUT2D eigenvalue weighted by molar-refractivity contribution is 7.80. The fraction of sp³-hybridized carbons (Fsp3) is 0.500. The second-order valence-electron chi connectivity index (χ2n) is 2.94. The lowest BCUT2D eigenvalue weighted by Gasteiger charge is -2.23. The van der Waals surface area contributed by atoms with Gasteiger partial charge < -0.3 is 4.98 Å². The van der Waals surface area contributed by atoms with E-state index in [2.05, 4.69) is 23.7 Å². The van der Waals surface area contributed by atoms with E-state index in [0.29, 0.717) is 0 Å². The van der Waals surface area contributed by atoms with Crippen LogP contribution in [0, 0.1) is 0 Å². The molecule has 1 saturated carbocycles. The van der Waals surface area contributed by atoms with Crippen molar-refractivity contribution in [3.05, 3.63) is 18.0 Å². The zero-order valence-electron chi connectivity index (χ0n) is 5.80. The lowest BCUT2D eigenvalue weighted by molar-refractivity contribution is 0.412. The van der Waals surface area contributed by atoms with Gasteiger partial charge in [-0.15, -0.1) is 12.6 Å². The van der Waals surface area contributed by atoms with Crippen LogP contribution in [-0.4, -0.2) is 4.98 Å². The van der Waals surface area contributed by atoms with E-state index in [1.165, 1.54) is 25.0 Å². The van der Waals surface area contributed by atoms with Crippen molar-refractivity contribution in [3.63, 3.8) is 0 Å². The van der Waals surface area contributed by atoms with Crippen LogP contribution >= 0.6 is 12.6 Å². The summed E-state index contributed by atoms with van der Waals surface area (Å²) in [6.45, 7) is 0. The molecule has 54 valence electrons. The highest BCUT2D eigenvalue weighted by atomic mass is 32.1. The molecule has 10 heavy (non-hydrogen) atoms. The van der Waals surface area contributed by atoms with Crippen molar-refractivity contribution in [3.8, 4) is 0 Å². The zero-order chi connectivity index (χ0) is 6.97. The van der Waals surface area contributed by atoms with E-state index in [1.54, 1.807) is 0 Å². The maximum Gasteiger partial charge on any atom is 0.0218 e. The minimum Gasteiger partial charge on any atom is -0.364 e. The third kappa shape index (κ3) is 0.966. The largest absolute Gasteiger partial charge is 0.364 e. The Morgan fingerprint density at radius 1 is 1.50 bits per heavy atom. The summed E-state index contributed by atoms with van der Waals surface area (Å²) < 4.78 is 0. The molecule has 0 bridgehead atoms. The molecule has 0 unspecified atom stereocenters. The Morgan fingerprint density at radius 2 is 2.30 bits per heavy atom. The summed E-state index contributed by atoms with van der Waals surface area (Å²) in [5.74, 6) is 0.806. The molecule has 1 aliphatic carbocycles. The van der Waals surface area contributed by atoms with E-state index in [-0.39, 0.29) is 0 Å². The van der Waals surface area contributed by atoms with Gasteiger partial charge in [0.2, 0.25) is 0 Å². The predicted molar refractivity (Wildman–Crippen MR) is 44.6 cm³/mol. The van der Waals surface area contributed by atoms with Gasteiger partial charge in [0.1, 0.15) is 0 Å². The summed E-state index contributed by atoms with van der Waals surface area (Å²) in [7, 11) is 0. The second kappa shape index (κ2) is 2.35. The number of thiol groups is 1. The molecule has 1 nitrogen and oxygen atoms in total. The average Bonchev–Trinajstić information content (AvgIpc) is 2.10. The monoisotopic (exact) mass is 153 g/mol. The van der Waals surface area contributed by atoms with Crippen molar-refractivity contribution >= 4 is 12.6 Å². The van der Waals surface area contributed by atoms with Gasteiger partial charge in [0, 0.05) is 16.8 Å². The summed E-state index contributed by atoms with van der Waals surface area (Å²) in [6.07, 6.45) is 6.06. The smallest absolute Gasteiger partial charge is 0.0218 e. The van der Waals surface area contributed by atoms with Crippen molar-refractivity contribution in [2.24, 2.45) is 0 Å². The molecular formula is C8H11NS. The van der Waals surface area contributed by atoms with Crippen molar-refractivity contribution < 1.29 is 0 Å². The maximum absolute atomic E-state index is 4.23. The number of rotatable bonds is 1. The fourth-order valence-electron chi connectivity index (χ4n) is 1.35. The molecule has 2 rings (SSSR count). The summed E-state index contributed by atoms with van der Waals surface area (Å²) in [5, 5.41) is 0. The Kier molecular flexibility index (Phi) is 1.49. The number of aromatic nitrogens is 1. The summed E-state index contributed by atoms with van der Waals surface area (Å²) in [6, 6.07) is 2.13. The van der Waals surface area contributed by atoms with Gasteiger partial charge in [-0.3, -0.25) is 0 Å². The quantitative estimate of drug-likeness (QED) is 0.577.